The molecule has 2 heterocycles. The maximum absolute atomic E-state index is 5.41. The Morgan fingerprint density at radius 3 is 2.65 bits per heavy atom. The van der Waals surface area contributed by atoms with Crippen LogP contribution in [0, 0.1) is 5.92 Å². The molecule has 0 aromatic carbocycles. The molecular weight excluding hydrogens is 422 g/mol. The summed E-state index contributed by atoms with van der Waals surface area (Å²) in [5.74, 6) is 0.796. The smallest absolute Gasteiger partial charge is 0.144 e. The molecular formula is C29H49N3O2. The summed E-state index contributed by atoms with van der Waals surface area (Å²) >= 11 is 0. The molecule has 3 rings (SSSR count). The van der Waals surface area contributed by atoms with Crippen molar-refractivity contribution >= 4 is 5.71 Å². The number of ether oxygens (including phenoxy) is 1. The second-order valence-electron chi connectivity index (χ2n) is 9.24. The molecule has 192 valence electrons. The second-order valence-corrected chi connectivity index (χ2v) is 9.24. The largest absolute Gasteiger partial charge is 0.391 e. The van der Waals surface area contributed by atoms with Crippen LogP contribution in [0.2, 0.25) is 0 Å². The lowest BCUT2D eigenvalue weighted by atomic mass is 9.90. The summed E-state index contributed by atoms with van der Waals surface area (Å²) in [6.07, 6.45) is 19.4. The van der Waals surface area contributed by atoms with Gasteiger partial charge in [-0.3, -0.25) is 4.90 Å². The number of hydrogen-bond acceptors (Lipinski definition) is 5. The molecule has 34 heavy (non-hydrogen) atoms. The van der Waals surface area contributed by atoms with Crippen molar-refractivity contribution in [2.75, 3.05) is 54.1 Å². The number of likely N-dealkylation sites (tertiary alicyclic amines) is 1. The Bertz CT molecular complexity index is 753. The van der Waals surface area contributed by atoms with E-state index in [-0.39, 0.29) is 7.43 Å². The summed E-state index contributed by atoms with van der Waals surface area (Å²) in [6.45, 7) is 11.0. The molecule has 1 saturated heterocycles. The van der Waals surface area contributed by atoms with Crippen molar-refractivity contribution in [1.29, 1.82) is 0 Å². The summed E-state index contributed by atoms with van der Waals surface area (Å²) < 4.78 is 5.21. The Labute approximate surface area is 209 Å². The predicted molar refractivity (Wildman–Crippen MR) is 147 cm³/mol. The van der Waals surface area contributed by atoms with E-state index in [1.54, 1.807) is 7.11 Å². The summed E-state index contributed by atoms with van der Waals surface area (Å²) in [4.78, 5) is 8.02. The molecule has 0 bridgehead atoms. The van der Waals surface area contributed by atoms with Crippen LogP contribution < -0.4 is 5.32 Å². The standard InChI is InChI=1S/C26H38N2O2.C2H7N.CH4/c1-21(2)24(15-18-29-3)10-11-25-20-30-27-26(25)12-9-22-13-16-28(17-14-22)19-23-7-5-4-6-8-23;1-3-2;/h5,7-8,10-11,22H,1,4,6,9,12-20H2,2-3H3;3H,1-2H3;1H4/b24-10-,25-11+;;. The van der Waals surface area contributed by atoms with E-state index in [2.05, 4.69) is 52.3 Å². The van der Waals surface area contributed by atoms with E-state index in [1.165, 1.54) is 61.9 Å². The second kappa shape index (κ2) is 17.5. The van der Waals surface area contributed by atoms with Gasteiger partial charge in [0.05, 0.1) is 12.3 Å². The van der Waals surface area contributed by atoms with Gasteiger partial charge in [0.2, 0.25) is 0 Å². The zero-order chi connectivity index (χ0) is 23.9. The highest BCUT2D eigenvalue weighted by atomic mass is 16.6. The van der Waals surface area contributed by atoms with Gasteiger partial charge in [-0.2, -0.15) is 0 Å². The predicted octanol–water partition coefficient (Wildman–Crippen LogP) is 6.08. The minimum Gasteiger partial charge on any atom is -0.391 e. The van der Waals surface area contributed by atoms with Gasteiger partial charge in [-0.15, -0.1) is 0 Å². The lowest BCUT2D eigenvalue weighted by molar-refractivity contribution is 0.185. The lowest BCUT2D eigenvalue weighted by Crippen LogP contribution is -2.35. The summed E-state index contributed by atoms with van der Waals surface area (Å²) in [7, 11) is 5.49. The quantitative estimate of drug-likeness (QED) is 0.392. The molecule has 1 N–H and O–H groups in total. The molecule has 3 aliphatic rings. The first-order valence-electron chi connectivity index (χ1n) is 12.5. The molecule has 2 aliphatic heterocycles. The van der Waals surface area contributed by atoms with Gasteiger partial charge in [0, 0.05) is 19.2 Å². The lowest BCUT2D eigenvalue weighted by Gasteiger charge is -2.32. The van der Waals surface area contributed by atoms with E-state index >= 15 is 0 Å². The average Bonchev–Trinajstić information content (AvgIpc) is 3.27. The Morgan fingerprint density at radius 2 is 2.03 bits per heavy atom. The third kappa shape index (κ3) is 11.0. The van der Waals surface area contributed by atoms with Gasteiger partial charge >= 0.3 is 0 Å². The molecule has 0 radical (unpaired) electrons. The maximum Gasteiger partial charge on any atom is 0.144 e. The third-order valence-corrected chi connectivity index (χ3v) is 6.35. The Balaban J connectivity index is 0.00000137. The zero-order valence-electron chi connectivity index (χ0n) is 21.4. The van der Waals surface area contributed by atoms with Gasteiger partial charge in [0.15, 0.2) is 0 Å². The Morgan fingerprint density at radius 1 is 1.29 bits per heavy atom. The first kappa shape index (κ1) is 30.1. The fraction of sp³-hybridized carbons (Fsp3) is 0.621. The minimum atomic E-state index is 0. The van der Waals surface area contributed by atoms with Gasteiger partial charge in [-0.05, 0) is 96.1 Å². The molecule has 0 aromatic heterocycles. The zero-order valence-corrected chi connectivity index (χ0v) is 21.4. The van der Waals surface area contributed by atoms with Crippen LogP contribution in [0.1, 0.15) is 59.3 Å². The number of nitrogens with zero attached hydrogens (tertiary/aromatic N) is 2. The van der Waals surface area contributed by atoms with E-state index in [0.29, 0.717) is 13.2 Å². The van der Waals surface area contributed by atoms with Crippen LogP contribution in [0.3, 0.4) is 0 Å². The van der Waals surface area contributed by atoms with E-state index in [9.17, 15) is 0 Å². The Kier molecular flexibility index (Phi) is 15.5. The van der Waals surface area contributed by atoms with Crippen LogP contribution >= 0.6 is 0 Å². The molecule has 1 fully saturated rings. The van der Waals surface area contributed by atoms with Gasteiger partial charge in [-0.25, -0.2) is 0 Å². The molecule has 0 saturated carbocycles. The number of oxime groups is 1. The highest BCUT2D eigenvalue weighted by molar-refractivity contribution is 6.01. The normalized spacial score (nSPS) is 20.1. The van der Waals surface area contributed by atoms with Crippen molar-refractivity contribution in [1.82, 2.24) is 10.2 Å². The first-order chi connectivity index (χ1) is 16.1. The van der Waals surface area contributed by atoms with Crippen molar-refractivity contribution in [2.24, 2.45) is 11.1 Å². The number of rotatable bonds is 10. The van der Waals surface area contributed by atoms with Crippen LogP contribution in [0.25, 0.3) is 0 Å². The summed E-state index contributed by atoms with van der Waals surface area (Å²) in [6, 6.07) is 0. The van der Waals surface area contributed by atoms with E-state index < -0.39 is 0 Å². The van der Waals surface area contributed by atoms with Crippen LogP contribution in [0.4, 0.5) is 0 Å². The maximum atomic E-state index is 5.41. The molecule has 0 amide bonds. The third-order valence-electron chi connectivity index (χ3n) is 6.35. The Hall–Kier alpha value is -1.95. The van der Waals surface area contributed by atoms with Gasteiger partial charge in [0.25, 0.3) is 0 Å². The fourth-order valence-electron chi connectivity index (χ4n) is 4.34. The number of methoxy groups -OCH3 is 1. The van der Waals surface area contributed by atoms with E-state index in [4.69, 9.17) is 9.57 Å². The number of nitrogens with one attached hydrogen (secondary N) is 1. The summed E-state index contributed by atoms with van der Waals surface area (Å²) in [5.41, 5.74) is 6.15. The van der Waals surface area contributed by atoms with Gasteiger partial charge in [-0.1, -0.05) is 55.1 Å². The number of allylic oxidation sites excluding steroid dienone is 5. The van der Waals surface area contributed by atoms with Crippen molar-refractivity contribution in [3.8, 4) is 0 Å². The van der Waals surface area contributed by atoms with Crippen molar-refractivity contribution in [2.45, 2.75) is 59.3 Å². The highest BCUT2D eigenvalue weighted by Crippen LogP contribution is 2.25. The molecule has 1 aliphatic carbocycles. The number of piperidine rings is 1. The van der Waals surface area contributed by atoms with Crippen LogP contribution in [0.15, 0.2) is 64.4 Å². The molecule has 0 atom stereocenters. The van der Waals surface area contributed by atoms with Crippen LogP contribution in [0.5, 0.6) is 0 Å². The molecule has 5 nitrogen and oxygen atoms in total. The van der Waals surface area contributed by atoms with Crippen molar-refractivity contribution < 1.29 is 9.57 Å². The molecule has 0 aromatic rings. The molecule has 0 spiro atoms. The van der Waals surface area contributed by atoms with Crippen LogP contribution in [-0.2, 0) is 9.57 Å². The van der Waals surface area contributed by atoms with Crippen LogP contribution in [-0.4, -0.2) is 64.7 Å². The average molecular weight is 472 g/mol. The minimum absolute atomic E-state index is 0. The van der Waals surface area contributed by atoms with Gasteiger partial charge in [0.1, 0.15) is 6.61 Å². The first-order valence-corrected chi connectivity index (χ1v) is 12.5. The number of hydrogen-bond donors (Lipinski definition) is 1. The van der Waals surface area contributed by atoms with Gasteiger partial charge < -0.3 is 14.9 Å². The van der Waals surface area contributed by atoms with Crippen molar-refractivity contribution in [3.63, 3.8) is 0 Å². The monoisotopic (exact) mass is 471 g/mol. The molecule has 0 unspecified atom stereocenters. The molecule has 5 heteroatoms. The van der Waals surface area contributed by atoms with E-state index in [1.807, 2.05) is 21.0 Å². The van der Waals surface area contributed by atoms with E-state index in [0.717, 1.165) is 36.6 Å². The SMILES string of the molecule is C.C=C(C)/C(=C\C=C1/CON=C1CCC1CCN(CC2=CCCC=C2)CC1)CCOC.CNC. The van der Waals surface area contributed by atoms with Crippen molar-refractivity contribution in [3.05, 3.63) is 59.3 Å². The topological polar surface area (TPSA) is 46.1 Å². The highest BCUT2D eigenvalue weighted by Gasteiger charge is 2.22. The fourth-order valence-corrected chi connectivity index (χ4v) is 4.34. The summed E-state index contributed by atoms with van der Waals surface area (Å²) in [5, 5.41) is 7.08.